The highest BCUT2D eigenvalue weighted by molar-refractivity contribution is 7.89. The first kappa shape index (κ1) is 18.2. The fraction of sp³-hybridized carbons (Fsp3) is 0.364. The number of hydrogen-bond acceptors (Lipinski definition) is 3. The van der Waals surface area contributed by atoms with Crippen molar-refractivity contribution in [1.29, 1.82) is 0 Å². The largest absolute Gasteiger partial charge is 0.365 e. The third-order valence-electron chi connectivity index (χ3n) is 6.82. The van der Waals surface area contributed by atoms with Gasteiger partial charge in [-0.3, -0.25) is 0 Å². The molecule has 2 aliphatic heterocycles. The standard InChI is InChI=1S/C22H23ClN2O2S/c1-15-5-10-20-19(14-15)21-12-13-25(22(21,24-20)11-3-4-16(21)2)28(26,27)18-8-6-17(23)7-9-18/h5-10,14,24H,2-4,11-13H2,1H3. The summed E-state index contributed by atoms with van der Waals surface area (Å²) in [5.74, 6) is 0. The average Bonchev–Trinajstić information content (AvgIpc) is 3.14. The molecule has 146 valence electrons. The highest BCUT2D eigenvalue weighted by Gasteiger charge is 2.69. The molecule has 0 amide bonds. The van der Waals surface area contributed by atoms with Crippen molar-refractivity contribution in [3.05, 3.63) is 70.8 Å². The van der Waals surface area contributed by atoms with Gasteiger partial charge in [-0.1, -0.05) is 41.4 Å². The first-order valence-electron chi connectivity index (χ1n) is 9.67. The second-order valence-corrected chi connectivity index (χ2v) is 10.5. The molecule has 0 bridgehead atoms. The zero-order chi connectivity index (χ0) is 19.7. The number of fused-ring (bicyclic) bond motifs is 1. The predicted octanol–water partition coefficient (Wildman–Crippen LogP) is 4.84. The zero-order valence-electron chi connectivity index (χ0n) is 15.8. The Morgan fingerprint density at radius 2 is 1.89 bits per heavy atom. The predicted molar refractivity (Wildman–Crippen MR) is 112 cm³/mol. The Balaban J connectivity index is 1.70. The van der Waals surface area contributed by atoms with Gasteiger partial charge >= 0.3 is 0 Å². The van der Waals surface area contributed by atoms with Crippen LogP contribution in [0.25, 0.3) is 0 Å². The van der Waals surface area contributed by atoms with E-state index in [4.69, 9.17) is 11.6 Å². The third-order valence-corrected chi connectivity index (χ3v) is 9.01. The molecule has 0 spiro atoms. The number of benzene rings is 2. The molecular formula is C22H23ClN2O2S. The maximum Gasteiger partial charge on any atom is 0.245 e. The molecule has 1 N–H and O–H groups in total. The summed E-state index contributed by atoms with van der Waals surface area (Å²) in [6, 6.07) is 12.8. The van der Waals surface area contributed by atoms with Crippen LogP contribution in [0.4, 0.5) is 5.69 Å². The Morgan fingerprint density at radius 1 is 1.14 bits per heavy atom. The Bertz CT molecular complexity index is 1100. The number of aryl methyl sites for hydroxylation is 1. The van der Waals surface area contributed by atoms with Crippen LogP contribution in [-0.4, -0.2) is 24.9 Å². The lowest BCUT2D eigenvalue weighted by Crippen LogP contribution is -2.61. The number of halogens is 1. The Kier molecular flexibility index (Phi) is 3.81. The molecule has 28 heavy (non-hydrogen) atoms. The van der Waals surface area contributed by atoms with Crippen LogP contribution < -0.4 is 5.32 Å². The minimum absolute atomic E-state index is 0.284. The molecule has 1 saturated carbocycles. The highest BCUT2D eigenvalue weighted by atomic mass is 35.5. The molecule has 0 radical (unpaired) electrons. The van der Waals surface area contributed by atoms with E-state index in [0.29, 0.717) is 11.6 Å². The number of nitrogens with zero attached hydrogens (tertiary/aromatic N) is 1. The number of sulfonamides is 1. The number of rotatable bonds is 2. The maximum absolute atomic E-state index is 13.7. The summed E-state index contributed by atoms with van der Waals surface area (Å²) in [6.07, 6.45) is 3.38. The van der Waals surface area contributed by atoms with Gasteiger partial charge in [-0.05, 0) is 68.5 Å². The van der Waals surface area contributed by atoms with Gasteiger partial charge in [-0.25, -0.2) is 8.42 Å². The smallest absolute Gasteiger partial charge is 0.245 e. The van der Waals surface area contributed by atoms with Gasteiger partial charge in [0.25, 0.3) is 0 Å². The number of anilines is 1. The lowest BCUT2D eigenvalue weighted by Gasteiger charge is -2.49. The van der Waals surface area contributed by atoms with E-state index in [1.165, 1.54) is 11.1 Å². The van der Waals surface area contributed by atoms with Crippen LogP contribution in [0.5, 0.6) is 0 Å². The molecule has 2 aromatic carbocycles. The summed E-state index contributed by atoms with van der Waals surface area (Å²) in [5, 5.41) is 4.19. The Hall–Kier alpha value is -1.82. The molecule has 2 fully saturated rings. The average molecular weight is 415 g/mol. The monoisotopic (exact) mass is 414 g/mol. The number of hydrogen-bond donors (Lipinski definition) is 1. The molecule has 2 unspecified atom stereocenters. The molecule has 2 aromatic rings. The molecule has 3 aliphatic rings. The van der Waals surface area contributed by atoms with Crippen LogP contribution in [0.3, 0.4) is 0 Å². The second-order valence-electron chi connectivity index (χ2n) is 8.18. The van der Waals surface area contributed by atoms with Crippen LogP contribution in [0.2, 0.25) is 5.02 Å². The normalized spacial score (nSPS) is 29.1. The fourth-order valence-corrected chi connectivity index (χ4v) is 7.53. The first-order valence-corrected chi connectivity index (χ1v) is 11.5. The van der Waals surface area contributed by atoms with Crippen molar-refractivity contribution >= 4 is 27.3 Å². The Labute approximate surface area is 171 Å². The van der Waals surface area contributed by atoms with Crippen LogP contribution >= 0.6 is 11.6 Å². The fourth-order valence-electron chi connectivity index (χ4n) is 5.64. The SMILES string of the molecule is C=C1CCCC23Nc4ccc(C)cc4C12CCN3S(=O)(=O)c1ccc(Cl)cc1. The molecule has 5 rings (SSSR count). The van der Waals surface area contributed by atoms with Crippen molar-refractivity contribution in [2.24, 2.45) is 0 Å². The maximum atomic E-state index is 13.7. The van der Waals surface area contributed by atoms with Gasteiger partial charge in [-0.15, -0.1) is 0 Å². The molecule has 1 aliphatic carbocycles. The molecule has 4 nitrogen and oxygen atoms in total. The summed E-state index contributed by atoms with van der Waals surface area (Å²) in [6.45, 7) is 7.00. The van der Waals surface area contributed by atoms with Gasteiger partial charge in [0.1, 0.15) is 5.66 Å². The van der Waals surface area contributed by atoms with E-state index in [1.54, 1.807) is 28.6 Å². The first-order chi connectivity index (χ1) is 13.3. The van der Waals surface area contributed by atoms with E-state index in [9.17, 15) is 8.42 Å². The summed E-state index contributed by atoms with van der Waals surface area (Å²) in [5.41, 5.74) is 3.51. The Morgan fingerprint density at radius 3 is 2.64 bits per heavy atom. The van der Waals surface area contributed by atoms with Crippen LogP contribution in [0.15, 0.2) is 59.5 Å². The van der Waals surface area contributed by atoms with E-state index in [2.05, 4.69) is 37.0 Å². The second kappa shape index (κ2) is 5.85. The van der Waals surface area contributed by atoms with Crippen LogP contribution in [-0.2, 0) is 15.4 Å². The van der Waals surface area contributed by atoms with Crippen molar-refractivity contribution in [2.75, 3.05) is 11.9 Å². The van der Waals surface area contributed by atoms with Crippen molar-refractivity contribution in [3.8, 4) is 0 Å². The van der Waals surface area contributed by atoms with Crippen LogP contribution in [0, 0.1) is 6.92 Å². The molecule has 0 aromatic heterocycles. The summed E-state index contributed by atoms with van der Waals surface area (Å²) < 4.78 is 29.0. The topological polar surface area (TPSA) is 49.4 Å². The molecule has 2 heterocycles. The van der Waals surface area contributed by atoms with Gasteiger partial charge in [0, 0.05) is 17.3 Å². The van der Waals surface area contributed by atoms with Crippen LogP contribution in [0.1, 0.15) is 36.8 Å². The summed E-state index contributed by atoms with van der Waals surface area (Å²) >= 11 is 5.98. The van der Waals surface area contributed by atoms with Crippen molar-refractivity contribution in [3.63, 3.8) is 0 Å². The highest BCUT2D eigenvalue weighted by Crippen LogP contribution is 2.64. The zero-order valence-corrected chi connectivity index (χ0v) is 17.4. The summed E-state index contributed by atoms with van der Waals surface area (Å²) in [7, 11) is -3.67. The van der Waals surface area contributed by atoms with Gasteiger partial charge in [0.05, 0.1) is 10.3 Å². The molecule has 2 atom stereocenters. The number of nitrogens with one attached hydrogen (secondary N) is 1. The van der Waals surface area contributed by atoms with Gasteiger partial charge in [0.2, 0.25) is 10.0 Å². The molecule has 1 saturated heterocycles. The van der Waals surface area contributed by atoms with Crippen molar-refractivity contribution in [2.45, 2.75) is 48.6 Å². The van der Waals surface area contributed by atoms with E-state index in [-0.39, 0.29) is 10.3 Å². The molecular weight excluding hydrogens is 392 g/mol. The van der Waals surface area contributed by atoms with E-state index in [0.717, 1.165) is 36.9 Å². The van der Waals surface area contributed by atoms with Crippen molar-refractivity contribution in [1.82, 2.24) is 4.31 Å². The van der Waals surface area contributed by atoms with E-state index in [1.807, 2.05) is 0 Å². The van der Waals surface area contributed by atoms with E-state index < -0.39 is 15.7 Å². The molecule has 6 heteroatoms. The lowest BCUT2D eigenvalue weighted by molar-refractivity contribution is 0.178. The quantitative estimate of drug-likeness (QED) is 0.715. The summed E-state index contributed by atoms with van der Waals surface area (Å²) in [4.78, 5) is 0.284. The van der Waals surface area contributed by atoms with Gasteiger partial charge in [-0.2, -0.15) is 4.31 Å². The third kappa shape index (κ3) is 2.13. The lowest BCUT2D eigenvalue weighted by atomic mass is 9.62. The van der Waals surface area contributed by atoms with Gasteiger partial charge in [0.15, 0.2) is 0 Å². The van der Waals surface area contributed by atoms with Crippen molar-refractivity contribution < 1.29 is 8.42 Å². The van der Waals surface area contributed by atoms with Gasteiger partial charge < -0.3 is 5.32 Å². The minimum Gasteiger partial charge on any atom is -0.365 e. The minimum atomic E-state index is -3.67. The van der Waals surface area contributed by atoms with E-state index >= 15 is 0 Å².